The molecule has 2 amide bonds. The third-order valence-electron chi connectivity index (χ3n) is 3.73. The average molecular weight is 328 g/mol. The maximum atomic E-state index is 12.6. The molecule has 0 radical (unpaired) electrons. The second-order valence-electron chi connectivity index (χ2n) is 7.14. The van der Waals surface area contributed by atoms with E-state index < -0.39 is 23.7 Å². The van der Waals surface area contributed by atoms with Gasteiger partial charge in [0, 0.05) is 19.5 Å². The molecule has 1 atom stereocenters. The van der Waals surface area contributed by atoms with Crippen LogP contribution >= 0.6 is 0 Å². The van der Waals surface area contributed by atoms with Crippen LogP contribution in [0, 0.1) is 5.92 Å². The highest BCUT2D eigenvalue weighted by molar-refractivity contribution is 5.86. The zero-order chi connectivity index (χ0) is 17.6. The quantitative estimate of drug-likeness (QED) is 0.805. The first kappa shape index (κ1) is 19.3. The molecule has 0 aromatic rings. The molecule has 0 aliphatic carbocycles. The Balaban J connectivity index is 2.68. The SMILES string of the molecule is CC1CCN(C(=O)[C@H](CCC(=O)O)NC(=O)OC(C)(C)C)CC1. The minimum Gasteiger partial charge on any atom is -0.481 e. The van der Waals surface area contributed by atoms with Crippen LogP contribution in [0.3, 0.4) is 0 Å². The third kappa shape index (κ3) is 7.34. The molecule has 1 heterocycles. The Morgan fingerprint density at radius 1 is 1.26 bits per heavy atom. The van der Waals surface area contributed by atoms with Gasteiger partial charge in [0.2, 0.25) is 5.91 Å². The molecule has 1 aliphatic rings. The van der Waals surface area contributed by atoms with Gasteiger partial charge in [-0.05, 0) is 46.0 Å². The highest BCUT2D eigenvalue weighted by Crippen LogP contribution is 2.18. The van der Waals surface area contributed by atoms with E-state index in [1.54, 1.807) is 25.7 Å². The van der Waals surface area contributed by atoms with Crippen LogP contribution in [0.1, 0.15) is 53.4 Å². The third-order valence-corrected chi connectivity index (χ3v) is 3.73. The molecule has 2 N–H and O–H groups in total. The zero-order valence-electron chi connectivity index (χ0n) is 14.4. The average Bonchev–Trinajstić information content (AvgIpc) is 2.41. The first-order chi connectivity index (χ1) is 10.6. The van der Waals surface area contributed by atoms with E-state index in [9.17, 15) is 14.4 Å². The Morgan fingerprint density at radius 3 is 2.30 bits per heavy atom. The van der Waals surface area contributed by atoms with Crippen molar-refractivity contribution in [2.24, 2.45) is 5.92 Å². The Labute approximate surface area is 137 Å². The second kappa shape index (κ2) is 8.17. The summed E-state index contributed by atoms with van der Waals surface area (Å²) in [4.78, 5) is 37.0. The van der Waals surface area contributed by atoms with Gasteiger partial charge in [0.05, 0.1) is 0 Å². The molecule has 7 heteroatoms. The van der Waals surface area contributed by atoms with E-state index in [1.807, 2.05) is 0 Å². The van der Waals surface area contributed by atoms with Crippen molar-refractivity contribution in [1.29, 1.82) is 0 Å². The van der Waals surface area contributed by atoms with Crippen LogP contribution in [0.15, 0.2) is 0 Å². The standard InChI is InChI=1S/C16H28N2O5/c1-11-7-9-18(10-8-11)14(21)12(5-6-13(19)20)17-15(22)23-16(2,3)4/h11-12H,5-10H2,1-4H3,(H,17,22)(H,19,20)/t12-/m0/s1. The highest BCUT2D eigenvalue weighted by atomic mass is 16.6. The molecule has 1 rings (SSSR count). The number of nitrogens with one attached hydrogen (secondary N) is 1. The van der Waals surface area contributed by atoms with Crippen molar-refractivity contribution < 1.29 is 24.2 Å². The van der Waals surface area contributed by atoms with E-state index in [0.29, 0.717) is 19.0 Å². The summed E-state index contributed by atoms with van der Waals surface area (Å²) in [6.07, 6.45) is 1.01. The van der Waals surface area contributed by atoms with Crippen molar-refractivity contribution in [3.8, 4) is 0 Å². The number of carbonyl (C=O) groups is 3. The first-order valence-corrected chi connectivity index (χ1v) is 8.08. The summed E-state index contributed by atoms with van der Waals surface area (Å²) in [6.45, 7) is 8.61. The van der Waals surface area contributed by atoms with Gasteiger partial charge in [-0.15, -0.1) is 0 Å². The lowest BCUT2D eigenvalue weighted by atomic mass is 9.98. The van der Waals surface area contributed by atoms with Crippen LogP contribution < -0.4 is 5.32 Å². The minimum atomic E-state index is -0.999. The van der Waals surface area contributed by atoms with E-state index in [0.717, 1.165) is 12.8 Å². The summed E-state index contributed by atoms with van der Waals surface area (Å²) in [5.74, 6) is -0.652. The lowest BCUT2D eigenvalue weighted by Gasteiger charge is -2.33. The molecule has 0 saturated carbocycles. The van der Waals surface area contributed by atoms with Crippen LogP contribution in [-0.2, 0) is 14.3 Å². The smallest absolute Gasteiger partial charge is 0.408 e. The molecule has 1 fully saturated rings. The van der Waals surface area contributed by atoms with Crippen LogP contribution in [0.5, 0.6) is 0 Å². The summed E-state index contributed by atoms with van der Waals surface area (Å²) >= 11 is 0. The molecule has 0 spiro atoms. The Morgan fingerprint density at radius 2 is 1.83 bits per heavy atom. The number of carbonyl (C=O) groups excluding carboxylic acids is 2. The van der Waals surface area contributed by atoms with E-state index in [-0.39, 0.29) is 18.7 Å². The predicted molar refractivity (Wildman–Crippen MR) is 85.0 cm³/mol. The molecular weight excluding hydrogens is 300 g/mol. The number of carboxylic acid groups (broad SMARTS) is 1. The van der Waals surface area contributed by atoms with E-state index in [4.69, 9.17) is 9.84 Å². The highest BCUT2D eigenvalue weighted by Gasteiger charge is 2.30. The van der Waals surface area contributed by atoms with E-state index in [2.05, 4.69) is 12.2 Å². The van der Waals surface area contributed by atoms with Crippen LogP contribution in [-0.4, -0.2) is 52.7 Å². The van der Waals surface area contributed by atoms with Gasteiger partial charge in [0.15, 0.2) is 0 Å². The van der Waals surface area contributed by atoms with Crippen molar-refractivity contribution in [2.45, 2.75) is 65.0 Å². The number of likely N-dealkylation sites (tertiary alicyclic amines) is 1. The van der Waals surface area contributed by atoms with Crippen molar-refractivity contribution in [2.75, 3.05) is 13.1 Å². The Hall–Kier alpha value is -1.79. The monoisotopic (exact) mass is 328 g/mol. The minimum absolute atomic E-state index is 0.0550. The number of carboxylic acids is 1. The fraction of sp³-hybridized carbons (Fsp3) is 0.812. The van der Waals surface area contributed by atoms with Crippen molar-refractivity contribution in [1.82, 2.24) is 10.2 Å². The molecule has 1 aliphatic heterocycles. The number of alkyl carbamates (subject to hydrolysis) is 1. The van der Waals surface area contributed by atoms with Gasteiger partial charge in [0.1, 0.15) is 11.6 Å². The number of piperidine rings is 1. The van der Waals surface area contributed by atoms with Gasteiger partial charge in [-0.1, -0.05) is 6.92 Å². The van der Waals surface area contributed by atoms with Gasteiger partial charge in [-0.3, -0.25) is 9.59 Å². The van der Waals surface area contributed by atoms with Gasteiger partial charge in [0.25, 0.3) is 0 Å². The van der Waals surface area contributed by atoms with Gasteiger partial charge < -0.3 is 20.1 Å². The Kier molecular flexibility index (Phi) is 6.84. The first-order valence-electron chi connectivity index (χ1n) is 8.08. The summed E-state index contributed by atoms with van der Waals surface area (Å²) in [5.41, 5.74) is -0.676. The molecule has 0 aromatic heterocycles. The molecule has 0 unspecified atom stereocenters. The number of hydrogen-bond donors (Lipinski definition) is 2. The number of hydrogen-bond acceptors (Lipinski definition) is 4. The van der Waals surface area contributed by atoms with Gasteiger partial charge in [-0.25, -0.2) is 4.79 Å². The van der Waals surface area contributed by atoms with E-state index in [1.165, 1.54) is 0 Å². The summed E-state index contributed by atoms with van der Waals surface area (Å²) in [6, 6.07) is -0.866. The van der Waals surface area contributed by atoms with Crippen molar-refractivity contribution in [3.05, 3.63) is 0 Å². The fourth-order valence-electron chi connectivity index (χ4n) is 2.42. The van der Waals surface area contributed by atoms with Gasteiger partial charge in [-0.2, -0.15) is 0 Å². The maximum Gasteiger partial charge on any atom is 0.408 e. The number of ether oxygens (including phenoxy) is 1. The molecule has 23 heavy (non-hydrogen) atoms. The molecule has 7 nitrogen and oxygen atoms in total. The molecule has 0 bridgehead atoms. The van der Waals surface area contributed by atoms with E-state index >= 15 is 0 Å². The number of rotatable bonds is 5. The lowest BCUT2D eigenvalue weighted by molar-refractivity contribution is -0.138. The largest absolute Gasteiger partial charge is 0.481 e. The molecule has 0 aromatic carbocycles. The molecule has 132 valence electrons. The number of amides is 2. The van der Waals surface area contributed by atoms with Gasteiger partial charge >= 0.3 is 12.1 Å². The summed E-state index contributed by atoms with van der Waals surface area (Å²) in [5, 5.41) is 11.4. The second-order valence-corrected chi connectivity index (χ2v) is 7.14. The predicted octanol–water partition coefficient (Wildman–Crippen LogP) is 2.00. The van der Waals surface area contributed by atoms with Crippen LogP contribution in [0.2, 0.25) is 0 Å². The molecular formula is C16H28N2O5. The van der Waals surface area contributed by atoms with Crippen LogP contribution in [0.4, 0.5) is 4.79 Å². The normalized spacial score (nSPS) is 17.5. The molecule has 1 saturated heterocycles. The fourth-order valence-corrected chi connectivity index (χ4v) is 2.42. The topological polar surface area (TPSA) is 95.9 Å². The van der Waals surface area contributed by atoms with Crippen LogP contribution in [0.25, 0.3) is 0 Å². The number of nitrogens with zero attached hydrogens (tertiary/aromatic N) is 1. The maximum absolute atomic E-state index is 12.6. The van der Waals surface area contributed by atoms with Crippen molar-refractivity contribution in [3.63, 3.8) is 0 Å². The Bertz CT molecular complexity index is 436. The lowest BCUT2D eigenvalue weighted by Crippen LogP contribution is -2.51. The zero-order valence-corrected chi connectivity index (χ0v) is 14.4. The summed E-state index contributed by atoms with van der Waals surface area (Å²) in [7, 11) is 0. The number of aliphatic carboxylic acids is 1. The van der Waals surface area contributed by atoms with Crippen molar-refractivity contribution >= 4 is 18.0 Å². The summed E-state index contributed by atoms with van der Waals surface area (Å²) < 4.78 is 5.16.